The zero-order valence-electron chi connectivity index (χ0n) is 8.77. The largest absolute Gasteiger partial charge is 0.290 e. The highest BCUT2D eigenvalue weighted by Gasteiger charge is 2.31. The van der Waals surface area contributed by atoms with E-state index in [1.54, 1.807) is 6.92 Å². The molecule has 0 radical (unpaired) electrons. The van der Waals surface area contributed by atoms with Gasteiger partial charge in [0.1, 0.15) is 0 Å². The number of carbonyl (C=O) groups excluding carboxylic acids is 2. The first-order chi connectivity index (χ1) is 6.25. The van der Waals surface area contributed by atoms with E-state index in [9.17, 15) is 9.59 Å². The van der Waals surface area contributed by atoms with Gasteiger partial charge in [-0.15, -0.1) is 0 Å². The molecule has 0 saturated carbocycles. The van der Waals surface area contributed by atoms with Crippen LogP contribution in [0.4, 0.5) is 0 Å². The average molecular weight is 257 g/mol. The molecule has 0 aromatic heterocycles. The fraction of sp³-hybridized carbons (Fsp3) is 0.455. The summed E-state index contributed by atoms with van der Waals surface area (Å²) in [5, 5.41) is 0. The van der Waals surface area contributed by atoms with Crippen LogP contribution in [-0.2, 0) is 9.59 Å². The Kier molecular flexibility index (Phi) is 2.81. The Morgan fingerprint density at radius 3 is 2.14 bits per heavy atom. The van der Waals surface area contributed by atoms with E-state index in [1.165, 1.54) is 6.08 Å². The smallest absolute Gasteiger partial charge is 0.197 e. The first-order valence-corrected chi connectivity index (χ1v) is 5.22. The molecular formula is C11H13BrO2. The topological polar surface area (TPSA) is 34.1 Å². The van der Waals surface area contributed by atoms with E-state index in [-0.39, 0.29) is 17.0 Å². The summed E-state index contributed by atoms with van der Waals surface area (Å²) in [6.07, 6.45) is 1.45. The van der Waals surface area contributed by atoms with Crippen molar-refractivity contribution in [3.63, 3.8) is 0 Å². The monoisotopic (exact) mass is 256 g/mol. The van der Waals surface area contributed by atoms with Crippen molar-refractivity contribution < 1.29 is 9.59 Å². The zero-order valence-corrected chi connectivity index (χ0v) is 10.4. The first kappa shape index (κ1) is 11.4. The van der Waals surface area contributed by atoms with Gasteiger partial charge in [0.15, 0.2) is 11.6 Å². The van der Waals surface area contributed by atoms with Crippen LogP contribution >= 0.6 is 15.9 Å². The van der Waals surface area contributed by atoms with Crippen LogP contribution in [0.3, 0.4) is 0 Å². The quantitative estimate of drug-likeness (QED) is 0.625. The second-order valence-electron chi connectivity index (χ2n) is 4.44. The van der Waals surface area contributed by atoms with E-state index in [0.717, 1.165) is 0 Å². The van der Waals surface area contributed by atoms with Crippen molar-refractivity contribution in [1.29, 1.82) is 0 Å². The van der Waals surface area contributed by atoms with Crippen LogP contribution in [0.2, 0.25) is 0 Å². The molecule has 14 heavy (non-hydrogen) atoms. The number of halogens is 1. The number of rotatable bonds is 0. The highest BCUT2D eigenvalue weighted by Crippen LogP contribution is 2.34. The van der Waals surface area contributed by atoms with E-state index >= 15 is 0 Å². The molecule has 2 nitrogen and oxygen atoms in total. The Labute approximate surface area is 92.2 Å². The molecule has 0 N–H and O–H groups in total. The van der Waals surface area contributed by atoms with Crippen LogP contribution in [0, 0.1) is 5.41 Å². The van der Waals surface area contributed by atoms with Crippen molar-refractivity contribution in [3.8, 4) is 0 Å². The Morgan fingerprint density at radius 1 is 1.21 bits per heavy atom. The second-order valence-corrected chi connectivity index (χ2v) is 5.23. The van der Waals surface area contributed by atoms with Crippen LogP contribution < -0.4 is 0 Å². The minimum Gasteiger partial charge on any atom is -0.290 e. The third kappa shape index (κ3) is 1.87. The second kappa shape index (κ2) is 3.46. The average Bonchev–Trinajstić information content (AvgIpc) is 2.06. The lowest BCUT2D eigenvalue weighted by atomic mass is 9.80. The molecule has 0 heterocycles. The van der Waals surface area contributed by atoms with Gasteiger partial charge < -0.3 is 0 Å². The normalized spacial score (nSPS) is 18.8. The molecule has 0 aromatic rings. The summed E-state index contributed by atoms with van der Waals surface area (Å²) in [7, 11) is 0. The Hall–Kier alpha value is -0.700. The van der Waals surface area contributed by atoms with Gasteiger partial charge in [0.25, 0.3) is 0 Å². The summed E-state index contributed by atoms with van der Waals surface area (Å²) >= 11 is 3.16. The fourth-order valence-corrected chi connectivity index (χ4v) is 1.67. The molecule has 0 fully saturated rings. The van der Waals surface area contributed by atoms with E-state index in [1.807, 2.05) is 20.8 Å². The molecule has 0 atom stereocenters. The van der Waals surface area contributed by atoms with Crippen molar-refractivity contribution >= 4 is 27.5 Å². The number of carbonyl (C=O) groups is 2. The number of ketones is 2. The standard InChI is InChI=1S/C11H13BrO2/c1-6-8(13)5-7(11(2,3)4)10(14)9(6)12/h5H,1-4H3. The molecule has 0 aromatic carbocycles. The van der Waals surface area contributed by atoms with E-state index in [2.05, 4.69) is 15.9 Å². The summed E-state index contributed by atoms with van der Waals surface area (Å²) in [6.45, 7) is 7.42. The molecule has 0 saturated heterocycles. The molecule has 0 spiro atoms. The van der Waals surface area contributed by atoms with Crippen molar-refractivity contribution in [2.45, 2.75) is 27.7 Å². The summed E-state index contributed by atoms with van der Waals surface area (Å²) in [4.78, 5) is 23.3. The first-order valence-electron chi connectivity index (χ1n) is 4.42. The van der Waals surface area contributed by atoms with Gasteiger partial charge >= 0.3 is 0 Å². The summed E-state index contributed by atoms with van der Waals surface area (Å²) in [6, 6.07) is 0. The van der Waals surface area contributed by atoms with Crippen LogP contribution in [0.5, 0.6) is 0 Å². The third-order valence-corrected chi connectivity index (χ3v) is 3.18. The van der Waals surface area contributed by atoms with Gasteiger partial charge in [-0.25, -0.2) is 0 Å². The van der Waals surface area contributed by atoms with Crippen LogP contribution in [-0.4, -0.2) is 11.6 Å². The molecule has 0 aliphatic heterocycles. The Morgan fingerprint density at radius 2 is 1.71 bits per heavy atom. The van der Waals surface area contributed by atoms with Gasteiger partial charge in [-0.2, -0.15) is 0 Å². The van der Waals surface area contributed by atoms with Gasteiger partial charge in [0.2, 0.25) is 0 Å². The minimum atomic E-state index is -0.285. The fourth-order valence-electron chi connectivity index (χ4n) is 1.26. The minimum absolute atomic E-state index is 0.0744. The zero-order chi connectivity index (χ0) is 11.1. The lowest BCUT2D eigenvalue weighted by Gasteiger charge is -2.24. The maximum atomic E-state index is 11.8. The maximum Gasteiger partial charge on any atom is 0.197 e. The van der Waals surface area contributed by atoms with E-state index in [0.29, 0.717) is 15.6 Å². The number of hydrogen-bond donors (Lipinski definition) is 0. The predicted octanol–water partition coefficient (Wildman–Crippen LogP) is 2.78. The number of allylic oxidation sites excluding steroid dienone is 4. The van der Waals surface area contributed by atoms with E-state index < -0.39 is 0 Å². The molecule has 1 rings (SSSR count). The summed E-state index contributed by atoms with van der Waals surface area (Å²) in [5.41, 5.74) is 0.773. The van der Waals surface area contributed by atoms with Crippen molar-refractivity contribution in [3.05, 3.63) is 21.7 Å². The Balaban J connectivity index is 3.24. The number of Topliss-reactive ketones (excluding diaryl/α,β-unsaturated/α-hetero) is 1. The lowest BCUT2D eigenvalue weighted by Crippen LogP contribution is -2.24. The van der Waals surface area contributed by atoms with Crippen molar-refractivity contribution in [2.75, 3.05) is 0 Å². The molecule has 0 bridgehead atoms. The molecular weight excluding hydrogens is 244 g/mol. The predicted molar refractivity (Wildman–Crippen MR) is 59.2 cm³/mol. The van der Waals surface area contributed by atoms with Crippen LogP contribution in [0.25, 0.3) is 0 Å². The molecule has 3 heteroatoms. The SMILES string of the molecule is CC1=C(Br)C(=O)C(C(C)(C)C)=CC1=O. The van der Waals surface area contributed by atoms with Crippen LogP contribution in [0.1, 0.15) is 27.7 Å². The molecule has 0 amide bonds. The molecule has 0 unspecified atom stereocenters. The van der Waals surface area contributed by atoms with Gasteiger partial charge in [-0.1, -0.05) is 20.8 Å². The highest BCUT2D eigenvalue weighted by molar-refractivity contribution is 9.12. The molecule has 1 aliphatic rings. The van der Waals surface area contributed by atoms with Gasteiger partial charge in [-0.05, 0) is 34.3 Å². The molecule has 1 aliphatic carbocycles. The third-order valence-electron chi connectivity index (χ3n) is 2.23. The van der Waals surface area contributed by atoms with Gasteiger partial charge in [0, 0.05) is 11.1 Å². The van der Waals surface area contributed by atoms with Crippen molar-refractivity contribution in [2.24, 2.45) is 5.41 Å². The number of hydrogen-bond acceptors (Lipinski definition) is 2. The van der Waals surface area contributed by atoms with Gasteiger partial charge in [0.05, 0.1) is 4.48 Å². The van der Waals surface area contributed by atoms with E-state index in [4.69, 9.17) is 0 Å². The summed E-state index contributed by atoms with van der Waals surface area (Å²) in [5.74, 6) is -0.156. The molecule has 76 valence electrons. The Bertz CT molecular complexity index is 367. The van der Waals surface area contributed by atoms with Crippen molar-refractivity contribution in [1.82, 2.24) is 0 Å². The summed E-state index contributed by atoms with van der Waals surface area (Å²) < 4.78 is 0.398. The highest BCUT2D eigenvalue weighted by atomic mass is 79.9. The lowest BCUT2D eigenvalue weighted by molar-refractivity contribution is -0.116. The van der Waals surface area contributed by atoms with Crippen LogP contribution in [0.15, 0.2) is 21.7 Å². The maximum absolute atomic E-state index is 11.8. The van der Waals surface area contributed by atoms with Gasteiger partial charge in [-0.3, -0.25) is 9.59 Å².